The van der Waals surface area contributed by atoms with Crippen molar-refractivity contribution in [1.29, 1.82) is 0 Å². The van der Waals surface area contributed by atoms with Crippen LogP contribution in [0.25, 0.3) is 0 Å². The van der Waals surface area contributed by atoms with Gasteiger partial charge >= 0.3 is 0 Å². The SMILES string of the molecule is CCNC(=O)Cc1ccc(NC(C2CC2)C2CC2)cc1. The van der Waals surface area contributed by atoms with Crippen molar-refractivity contribution in [2.45, 2.75) is 45.1 Å². The van der Waals surface area contributed by atoms with Gasteiger partial charge in [-0.2, -0.15) is 0 Å². The Hall–Kier alpha value is -1.51. The van der Waals surface area contributed by atoms with Crippen LogP contribution in [0, 0.1) is 11.8 Å². The van der Waals surface area contributed by atoms with Gasteiger partial charge in [-0.05, 0) is 62.1 Å². The highest BCUT2D eigenvalue weighted by Crippen LogP contribution is 2.45. The average Bonchev–Trinajstić information content (AvgIpc) is 3.30. The molecule has 0 aliphatic heterocycles. The summed E-state index contributed by atoms with van der Waals surface area (Å²) in [5.74, 6) is 1.90. The van der Waals surface area contributed by atoms with Crippen molar-refractivity contribution in [3.05, 3.63) is 29.8 Å². The maximum absolute atomic E-state index is 11.5. The number of likely N-dealkylation sites (N-methyl/N-ethyl adjacent to an activating group) is 1. The highest BCUT2D eigenvalue weighted by atomic mass is 16.1. The van der Waals surface area contributed by atoms with Crippen LogP contribution in [0.15, 0.2) is 24.3 Å². The Kier molecular flexibility index (Phi) is 3.95. The molecule has 0 spiro atoms. The summed E-state index contributed by atoms with van der Waals surface area (Å²) in [5, 5.41) is 6.54. The number of hydrogen-bond acceptors (Lipinski definition) is 2. The first-order valence-electron chi connectivity index (χ1n) is 7.88. The fourth-order valence-electron chi connectivity index (χ4n) is 2.89. The highest BCUT2D eigenvalue weighted by Gasteiger charge is 2.41. The summed E-state index contributed by atoms with van der Waals surface area (Å²) < 4.78 is 0. The van der Waals surface area contributed by atoms with Gasteiger partial charge in [-0.25, -0.2) is 0 Å². The van der Waals surface area contributed by atoms with Crippen LogP contribution in [0.5, 0.6) is 0 Å². The third-order valence-electron chi connectivity index (χ3n) is 4.29. The Labute approximate surface area is 121 Å². The quantitative estimate of drug-likeness (QED) is 0.801. The van der Waals surface area contributed by atoms with Gasteiger partial charge in [0, 0.05) is 18.3 Å². The van der Waals surface area contributed by atoms with Gasteiger partial charge < -0.3 is 10.6 Å². The second kappa shape index (κ2) is 5.86. The normalized spacial score (nSPS) is 18.1. The van der Waals surface area contributed by atoms with Crippen LogP contribution in [0.3, 0.4) is 0 Å². The number of benzene rings is 1. The molecule has 2 fully saturated rings. The summed E-state index contributed by atoms with van der Waals surface area (Å²) in [7, 11) is 0. The lowest BCUT2D eigenvalue weighted by atomic mass is 10.1. The van der Waals surface area contributed by atoms with Gasteiger partial charge in [-0.3, -0.25) is 4.79 Å². The van der Waals surface area contributed by atoms with Gasteiger partial charge in [0.05, 0.1) is 6.42 Å². The lowest BCUT2D eigenvalue weighted by molar-refractivity contribution is -0.120. The highest BCUT2D eigenvalue weighted by molar-refractivity contribution is 5.78. The van der Waals surface area contributed by atoms with Crippen molar-refractivity contribution >= 4 is 11.6 Å². The second-order valence-corrected chi connectivity index (χ2v) is 6.17. The molecular weight excluding hydrogens is 248 g/mol. The van der Waals surface area contributed by atoms with Gasteiger partial charge in [-0.15, -0.1) is 0 Å². The number of carbonyl (C=O) groups excluding carboxylic acids is 1. The molecule has 0 atom stereocenters. The van der Waals surface area contributed by atoms with Crippen molar-refractivity contribution in [3.8, 4) is 0 Å². The van der Waals surface area contributed by atoms with Crippen molar-refractivity contribution in [1.82, 2.24) is 5.32 Å². The van der Waals surface area contributed by atoms with E-state index in [2.05, 4.69) is 34.9 Å². The fraction of sp³-hybridized carbons (Fsp3) is 0.588. The van der Waals surface area contributed by atoms with E-state index in [0.29, 0.717) is 19.0 Å². The predicted molar refractivity (Wildman–Crippen MR) is 81.7 cm³/mol. The Morgan fingerprint density at radius 1 is 1.15 bits per heavy atom. The fourth-order valence-corrected chi connectivity index (χ4v) is 2.89. The van der Waals surface area contributed by atoms with Crippen molar-refractivity contribution in [3.63, 3.8) is 0 Å². The molecule has 3 nitrogen and oxygen atoms in total. The van der Waals surface area contributed by atoms with Gasteiger partial charge in [0.15, 0.2) is 0 Å². The summed E-state index contributed by atoms with van der Waals surface area (Å²) in [6.07, 6.45) is 6.04. The molecule has 3 heteroatoms. The molecule has 2 aliphatic rings. The minimum atomic E-state index is 0.0991. The molecule has 1 aromatic carbocycles. The summed E-state index contributed by atoms with van der Waals surface area (Å²) >= 11 is 0. The first-order chi connectivity index (χ1) is 9.76. The summed E-state index contributed by atoms with van der Waals surface area (Å²) in [6.45, 7) is 2.64. The van der Waals surface area contributed by atoms with Crippen molar-refractivity contribution in [2.24, 2.45) is 11.8 Å². The molecule has 0 radical (unpaired) electrons. The number of amides is 1. The largest absolute Gasteiger partial charge is 0.382 e. The first kappa shape index (κ1) is 13.5. The van der Waals surface area contributed by atoms with E-state index in [9.17, 15) is 4.79 Å². The number of rotatable bonds is 7. The standard InChI is InChI=1S/C17H24N2O/c1-2-18-16(20)11-12-3-9-15(10-4-12)19-17(13-5-6-13)14-7-8-14/h3-4,9-10,13-14,17,19H,2,5-8,11H2,1H3,(H,18,20). The Bertz CT molecular complexity index is 448. The molecule has 108 valence electrons. The molecular formula is C17H24N2O. The second-order valence-electron chi connectivity index (χ2n) is 6.17. The van der Waals surface area contributed by atoms with Crippen LogP contribution in [0.1, 0.15) is 38.2 Å². The van der Waals surface area contributed by atoms with E-state index < -0.39 is 0 Å². The molecule has 1 amide bonds. The Balaban J connectivity index is 1.56. The first-order valence-corrected chi connectivity index (χ1v) is 7.88. The zero-order chi connectivity index (χ0) is 13.9. The van der Waals surface area contributed by atoms with Gasteiger partial charge in [0.25, 0.3) is 0 Å². The van der Waals surface area contributed by atoms with Crippen LogP contribution in [0.4, 0.5) is 5.69 Å². The van der Waals surface area contributed by atoms with Crippen LogP contribution >= 0.6 is 0 Å². The van der Waals surface area contributed by atoms with Crippen LogP contribution in [-0.4, -0.2) is 18.5 Å². The number of anilines is 1. The summed E-state index contributed by atoms with van der Waals surface area (Å²) in [4.78, 5) is 11.5. The lowest BCUT2D eigenvalue weighted by Gasteiger charge is -2.19. The molecule has 20 heavy (non-hydrogen) atoms. The molecule has 0 heterocycles. The van der Waals surface area contributed by atoms with Gasteiger partial charge in [0.1, 0.15) is 0 Å². The van der Waals surface area contributed by atoms with Gasteiger partial charge in [-0.1, -0.05) is 12.1 Å². The Morgan fingerprint density at radius 3 is 2.25 bits per heavy atom. The minimum absolute atomic E-state index is 0.0991. The zero-order valence-corrected chi connectivity index (χ0v) is 12.2. The summed E-state index contributed by atoms with van der Waals surface area (Å²) in [6, 6.07) is 9.05. The molecule has 3 rings (SSSR count). The van der Waals surface area contributed by atoms with Gasteiger partial charge in [0.2, 0.25) is 5.91 Å². The van der Waals surface area contributed by atoms with Crippen LogP contribution in [0.2, 0.25) is 0 Å². The zero-order valence-electron chi connectivity index (χ0n) is 12.2. The molecule has 2 aliphatic carbocycles. The third-order valence-corrected chi connectivity index (χ3v) is 4.29. The van der Waals surface area contributed by atoms with E-state index in [4.69, 9.17) is 0 Å². The predicted octanol–water partition coefficient (Wildman–Crippen LogP) is 2.97. The number of hydrogen-bond donors (Lipinski definition) is 2. The maximum Gasteiger partial charge on any atom is 0.224 e. The van der Waals surface area contributed by atoms with E-state index in [1.165, 1.54) is 31.4 Å². The van der Waals surface area contributed by atoms with E-state index >= 15 is 0 Å². The molecule has 0 bridgehead atoms. The maximum atomic E-state index is 11.5. The lowest BCUT2D eigenvalue weighted by Crippen LogP contribution is -2.25. The van der Waals surface area contributed by atoms with Crippen LogP contribution in [-0.2, 0) is 11.2 Å². The van der Waals surface area contributed by atoms with Crippen molar-refractivity contribution in [2.75, 3.05) is 11.9 Å². The average molecular weight is 272 g/mol. The molecule has 2 N–H and O–H groups in total. The minimum Gasteiger partial charge on any atom is -0.382 e. The molecule has 0 saturated heterocycles. The topological polar surface area (TPSA) is 41.1 Å². The number of carbonyl (C=O) groups is 1. The molecule has 0 unspecified atom stereocenters. The van der Waals surface area contributed by atoms with Crippen molar-refractivity contribution < 1.29 is 4.79 Å². The molecule has 0 aromatic heterocycles. The Morgan fingerprint density at radius 2 is 1.75 bits per heavy atom. The van der Waals surface area contributed by atoms with E-state index in [-0.39, 0.29) is 5.91 Å². The number of nitrogens with one attached hydrogen (secondary N) is 2. The van der Waals surface area contributed by atoms with E-state index in [1.807, 2.05) is 6.92 Å². The van der Waals surface area contributed by atoms with E-state index in [1.54, 1.807) is 0 Å². The smallest absolute Gasteiger partial charge is 0.224 e. The van der Waals surface area contributed by atoms with Crippen LogP contribution < -0.4 is 10.6 Å². The molecule has 2 saturated carbocycles. The monoisotopic (exact) mass is 272 g/mol. The molecule has 1 aromatic rings. The third kappa shape index (κ3) is 3.53. The van der Waals surface area contributed by atoms with E-state index in [0.717, 1.165) is 17.4 Å². The summed E-state index contributed by atoms with van der Waals surface area (Å²) in [5.41, 5.74) is 2.28.